The van der Waals surface area contributed by atoms with Crippen molar-refractivity contribution in [1.82, 2.24) is 4.90 Å². The second-order valence-corrected chi connectivity index (χ2v) is 12.6. The van der Waals surface area contributed by atoms with Crippen LogP contribution in [0, 0.1) is 11.3 Å². The number of halogens is 3. The van der Waals surface area contributed by atoms with E-state index in [9.17, 15) is 31.6 Å². The third-order valence-electron chi connectivity index (χ3n) is 7.70. The number of primary amides is 1. The summed E-state index contributed by atoms with van der Waals surface area (Å²) < 4.78 is 63.7. The standard InChI is InChI=1S/C31H32F3N3O3S/c1-2-41(39,40)25-13-8-22(9-14-25)26(16-17-35)28-19-23(10-15-27(28)30(36)38)29-5-3-4-18-37(29)20-21-6-11-24(12-7-21)31(32,33)34/h6-15,19,26,29H,2-5,16,18,20H2,1H3,(H2,36,38)/t26-,29?/m0/s1. The van der Waals surface area contributed by atoms with Gasteiger partial charge in [-0.15, -0.1) is 0 Å². The Hall–Kier alpha value is -3.68. The number of hydrogen-bond donors (Lipinski definition) is 1. The van der Waals surface area contributed by atoms with Crippen molar-refractivity contribution in [2.75, 3.05) is 12.3 Å². The third-order valence-corrected chi connectivity index (χ3v) is 9.45. The van der Waals surface area contributed by atoms with E-state index in [4.69, 9.17) is 5.73 Å². The van der Waals surface area contributed by atoms with Crippen LogP contribution < -0.4 is 5.73 Å². The molecule has 3 aromatic carbocycles. The Labute approximate surface area is 238 Å². The van der Waals surface area contributed by atoms with E-state index in [1.807, 2.05) is 12.1 Å². The Morgan fingerprint density at radius 3 is 2.34 bits per heavy atom. The topological polar surface area (TPSA) is 104 Å². The molecule has 6 nitrogen and oxygen atoms in total. The van der Waals surface area contributed by atoms with Crippen LogP contribution in [0.2, 0.25) is 0 Å². The molecule has 0 aliphatic carbocycles. The van der Waals surface area contributed by atoms with Gasteiger partial charge in [-0.3, -0.25) is 9.69 Å². The summed E-state index contributed by atoms with van der Waals surface area (Å²) in [6, 6.07) is 19.1. The van der Waals surface area contributed by atoms with Gasteiger partial charge in [0.05, 0.1) is 22.3 Å². The third kappa shape index (κ3) is 6.97. The molecule has 1 aliphatic rings. The lowest BCUT2D eigenvalue weighted by molar-refractivity contribution is -0.137. The van der Waals surface area contributed by atoms with Crippen LogP contribution in [-0.4, -0.2) is 31.5 Å². The maximum absolute atomic E-state index is 13.0. The second-order valence-electron chi connectivity index (χ2n) is 10.3. The number of nitrogens with zero attached hydrogens (tertiary/aromatic N) is 2. The molecule has 3 aromatic rings. The Morgan fingerprint density at radius 2 is 1.76 bits per heavy atom. The van der Waals surface area contributed by atoms with Gasteiger partial charge in [-0.25, -0.2) is 8.42 Å². The molecule has 216 valence electrons. The van der Waals surface area contributed by atoms with E-state index in [1.54, 1.807) is 25.1 Å². The van der Waals surface area contributed by atoms with Gasteiger partial charge in [-0.1, -0.05) is 49.7 Å². The zero-order valence-corrected chi connectivity index (χ0v) is 23.5. The van der Waals surface area contributed by atoms with E-state index in [1.165, 1.54) is 24.3 Å². The van der Waals surface area contributed by atoms with Crippen LogP contribution in [0.25, 0.3) is 0 Å². The zero-order chi connectivity index (χ0) is 29.8. The monoisotopic (exact) mass is 583 g/mol. The molecule has 1 aliphatic heterocycles. The van der Waals surface area contributed by atoms with Crippen LogP contribution >= 0.6 is 0 Å². The molecule has 0 spiro atoms. The molecule has 0 saturated carbocycles. The summed E-state index contributed by atoms with van der Waals surface area (Å²) in [5.74, 6) is -1.19. The van der Waals surface area contributed by atoms with Crippen LogP contribution in [0.15, 0.2) is 71.6 Å². The molecule has 1 heterocycles. The van der Waals surface area contributed by atoms with E-state index in [0.717, 1.165) is 49.1 Å². The number of carbonyl (C=O) groups is 1. The molecule has 10 heteroatoms. The number of carbonyl (C=O) groups excluding carboxylic acids is 1. The number of sulfone groups is 1. The Kier molecular flexibility index (Phi) is 9.20. The molecule has 41 heavy (non-hydrogen) atoms. The summed E-state index contributed by atoms with van der Waals surface area (Å²) in [5, 5.41) is 9.66. The lowest BCUT2D eigenvalue weighted by Crippen LogP contribution is -2.33. The second kappa shape index (κ2) is 12.5. The van der Waals surface area contributed by atoms with Gasteiger partial charge in [-0.2, -0.15) is 18.4 Å². The average molecular weight is 584 g/mol. The number of alkyl halides is 3. The maximum Gasteiger partial charge on any atom is 0.416 e. The highest BCUT2D eigenvalue weighted by atomic mass is 32.2. The van der Waals surface area contributed by atoms with Crippen LogP contribution in [-0.2, 0) is 22.6 Å². The van der Waals surface area contributed by atoms with Gasteiger partial charge in [0.15, 0.2) is 9.84 Å². The van der Waals surface area contributed by atoms with Gasteiger partial charge < -0.3 is 5.73 Å². The highest BCUT2D eigenvalue weighted by Crippen LogP contribution is 2.37. The normalized spacial score (nSPS) is 17.1. The smallest absolute Gasteiger partial charge is 0.366 e. The number of rotatable bonds is 9. The van der Waals surface area contributed by atoms with Crippen LogP contribution in [0.5, 0.6) is 0 Å². The lowest BCUT2D eigenvalue weighted by Gasteiger charge is -2.36. The van der Waals surface area contributed by atoms with Crippen molar-refractivity contribution < 1.29 is 26.4 Å². The fourth-order valence-corrected chi connectivity index (χ4v) is 6.35. The van der Waals surface area contributed by atoms with Gasteiger partial charge in [0, 0.05) is 30.5 Å². The first-order valence-electron chi connectivity index (χ1n) is 13.5. The number of likely N-dealkylation sites (tertiary alicyclic amines) is 1. The van der Waals surface area contributed by atoms with Crippen molar-refractivity contribution in [2.45, 2.75) is 62.2 Å². The summed E-state index contributed by atoms with van der Waals surface area (Å²) in [5.41, 5.74) is 8.29. The lowest BCUT2D eigenvalue weighted by atomic mass is 9.83. The molecule has 1 saturated heterocycles. The Bertz CT molecular complexity index is 1530. The van der Waals surface area contributed by atoms with Gasteiger partial charge in [-0.05, 0) is 72.0 Å². The number of nitriles is 1. The molecule has 0 radical (unpaired) electrons. The van der Waals surface area contributed by atoms with Crippen LogP contribution in [0.1, 0.15) is 82.7 Å². The summed E-state index contributed by atoms with van der Waals surface area (Å²) in [6.07, 6.45) is -1.61. The minimum atomic E-state index is -4.39. The Balaban J connectivity index is 1.69. The van der Waals surface area contributed by atoms with E-state index in [0.29, 0.717) is 17.7 Å². The molecule has 4 rings (SSSR count). The van der Waals surface area contributed by atoms with Gasteiger partial charge >= 0.3 is 6.18 Å². The SMILES string of the molecule is CCS(=O)(=O)c1ccc([C@H](CC#N)c2cc(C3CCCCN3Cc3ccc(C(F)(F)F)cc3)ccc2C(N)=O)cc1. The molecule has 1 fully saturated rings. The van der Waals surface area contributed by atoms with E-state index in [2.05, 4.69) is 11.0 Å². The Morgan fingerprint density at radius 1 is 1.07 bits per heavy atom. The van der Waals surface area contributed by atoms with Crippen molar-refractivity contribution in [3.63, 3.8) is 0 Å². The molecule has 2 N–H and O–H groups in total. The van der Waals surface area contributed by atoms with Gasteiger partial charge in [0.1, 0.15) is 0 Å². The highest BCUT2D eigenvalue weighted by Gasteiger charge is 2.31. The average Bonchev–Trinajstić information content (AvgIpc) is 2.96. The van der Waals surface area contributed by atoms with Crippen molar-refractivity contribution in [1.29, 1.82) is 5.26 Å². The fourth-order valence-electron chi connectivity index (χ4n) is 5.47. The maximum atomic E-state index is 13.0. The molecule has 0 aromatic heterocycles. The largest absolute Gasteiger partial charge is 0.416 e. The minimum Gasteiger partial charge on any atom is -0.366 e. The first-order valence-corrected chi connectivity index (χ1v) is 15.1. The van der Waals surface area contributed by atoms with Crippen molar-refractivity contribution >= 4 is 15.7 Å². The predicted octanol–water partition coefficient (Wildman–Crippen LogP) is 6.37. The van der Waals surface area contributed by atoms with Crippen LogP contribution in [0.3, 0.4) is 0 Å². The van der Waals surface area contributed by atoms with Gasteiger partial charge in [0.2, 0.25) is 5.91 Å². The number of piperidine rings is 1. The van der Waals surface area contributed by atoms with Crippen LogP contribution in [0.4, 0.5) is 13.2 Å². The molecule has 0 bridgehead atoms. The van der Waals surface area contributed by atoms with Gasteiger partial charge in [0.25, 0.3) is 0 Å². The number of nitrogens with two attached hydrogens (primary N) is 1. The fraction of sp³-hybridized carbons (Fsp3) is 0.355. The summed E-state index contributed by atoms with van der Waals surface area (Å²) in [4.78, 5) is 14.9. The molecule has 1 unspecified atom stereocenters. The number of hydrogen-bond acceptors (Lipinski definition) is 5. The quantitative estimate of drug-likeness (QED) is 0.315. The molecule has 1 amide bonds. The zero-order valence-electron chi connectivity index (χ0n) is 22.7. The van der Waals surface area contributed by atoms with Crippen molar-refractivity contribution in [2.24, 2.45) is 5.73 Å². The minimum absolute atomic E-state index is 0.0355. The predicted molar refractivity (Wildman–Crippen MR) is 150 cm³/mol. The molecule has 2 atom stereocenters. The summed E-state index contributed by atoms with van der Waals surface area (Å²) >= 11 is 0. The van der Waals surface area contributed by atoms with Crippen molar-refractivity contribution in [3.05, 3.63) is 100 Å². The summed E-state index contributed by atoms with van der Waals surface area (Å²) in [7, 11) is -3.40. The first-order chi connectivity index (χ1) is 19.4. The molecular weight excluding hydrogens is 551 g/mol. The van der Waals surface area contributed by atoms with E-state index in [-0.39, 0.29) is 28.7 Å². The van der Waals surface area contributed by atoms with E-state index >= 15 is 0 Å². The van der Waals surface area contributed by atoms with Crippen molar-refractivity contribution in [3.8, 4) is 6.07 Å². The number of amides is 1. The highest BCUT2D eigenvalue weighted by molar-refractivity contribution is 7.91. The van der Waals surface area contributed by atoms with E-state index < -0.39 is 33.4 Å². The molecular formula is C31H32F3N3O3S. The first kappa shape index (κ1) is 30.3. The number of benzene rings is 3. The summed E-state index contributed by atoms with van der Waals surface area (Å²) in [6.45, 7) is 2.79.